The molecule has 0 aromatic carbocycles. The van der Waals surface area contributed by atoms with E-state index in [-0.39, 0.29) is 28.3 Å². The zero-order valence-corrected chi connectivity index (χ0v) is 11.4. The van der Waals surface area contributed by atoms with Crippen molar-refractivity contribution in [2.75, 3.05) is 11.9 Å². The monoisotopic (exact) mass is 276 g/mol. The van der Waals surface area contributed by atoms with Crippen molar-refractivity contribution >= 4 is 34.8 Å². The Hall–Kier alpha value is -1.07. The van der Waals surface area contributed by atoms with Crippen LogP contribution in [0.25, 0.3) is 0 Å². The Balaban J connectivity index is 2.56. The van der Waals surface area contributed by atoms with Gasteiger partial charge in [0.05, 0.1) is 12.2 Å². The van der Waals surface area contributed by atoms with Gasteiger partial charge in [0.2, 0.25) is 5.91 Å². The summed E-state index contributed by atoms with van der Waals surface area (Å²) in [5, 5.41) is 13.2. The van der Waals surface area contributed by atoms with Gasteiger partial charge in [-0.25, -0.2) is 0 Å². The van der Waals surface area contributed by atoms with Crippen LogP contribution in [0.4, 0.5) is 5.69 Å². The van der Waals surface area contributed by atoms with E-state index >= 15 is 0 Å². The lowest BCUT2D eigenvalue weighted by Crippen LogP contribution is -2.43. The highest BCUT2D eigenvalue weighted by Gasteiger charge is 2.13. The van der Waals surface area contributed by atoms with Gasteiger partial charge in [0.1, 0.15) is 0 Å². The maximum absolute atomic E-state index is 11.5. The molecule has 0 aliphatic rings. The summed E-state index contributed by atoms with van der Waals surface area (Å²) in [6, 6.07) is 1.52. The van der Waals surface area contributed by atoms with Gasteiger partial charge in [0.25, 0.3) is 0 Å². The van der Waals surface area contributed by atoms with Crippen LogP contribution in [-0.2, 0) is 4.79 Å². The average Bonchev–Trinajstić information content (AvgIpc) is 2.17. The molecule has 7 heteroatoms. The highest BCUT2D eigenvalue weighted by molar-refractivity contribution is 6.33. The van der Waals surface area contributed by atoms with Gasteiger partial charge in [-0.3, -0.25) is 4.79 Å². The maximum Gasteiger partial charge on any atom is 0.239 e. The Morgan fingerprint density at radius 1 is 1.35 bits per heavy atom. The van der Waals surface area contributed by atoms with E-state index in [1.165, 1.54) is 6.07 Å². The molecule has 0 bridgehead atoms. The van der Waals surface area contributed by atoms with Gasteiger partial charge in [-0.2, -0.15) is 0 Å². The fourth-order valence-corrected chi connectivity index (χ4v) is 1.42. The second kappa shape index (κ2) is 5.51. The average molecular weight is 277 g/mol. The molecular weight excluding hydrogens is 263 g/mol. The van der Waals surface area contributed by atoms with E-state index in [9.17, 15) is 4.79 Å². The van der Waals surface area contributed by atoms with Crippen LogP contribution in [0.15, 0.2) is 6.07 Å². The van der Waals surface area contributed by atoms with E-state index in [0.29, 0.717) is 5.69 Å². The van der Waals surface area contributed by atoms with Gasteiger partial charge in [-0.1, -0.05) is 23.2 Å². The van der Waals surface area contributed by atoms with Gasteiger partial charge in [0.15, 0.2) is 10.3 Å². The summed E-state index contributed by atoms with van der Waals surface area (Å²) in [6.07, 6.45) is 0. The molecule has 1 heterocycles. The van der Waals surface area contributed by atoms with Crippen LogP contribution in [-0.4, -0.2) is 28.2 Å². The first-order valence-electron chi connectivity index (χ1n) is 5.01. The summed E-state index contributed by atoms with van der Waals surface area (Å²) in [5.41, 5.74) is 0.215. The molecule has 1 aromatic heterocycles. The first kappa shape index (κ1) is 14.0. The molecule has 0 unspecified atom stereocenters. The summed E-state index contributed by atoms with van der Waals surface area (Å²) in [4.78, 5) is 11.5. The van der Waals surface area contributed by atoms with E-state index in [1.54, 1.807) is 0 Å². The van der Waals surface area contributed by atoms with E-state index < -0.39 is 0 Å². The number of hydrogen-bond acceptors (Lipinski definition) is 4. The van der Waals surface area contributed by atoms with Crippen molar-refractivity contribution in [2.45, 2.75) is 26.3 Å². The number of aromatic nitrogens is 2. The highest BCUT2D eigenvalue weighted by Crippen LogP contribution is 2.20. The predicted octanol–water partition coefficient (Wildman–Crippen LogP) is 2.11. The Morgan fingerprint density at radius 3 is 2.59 bits per heavy atom. The molecule has 17 heavy (non-hydrogen) atoms. The Kier molecular flexibility index (Phi) is 4.54. The zero-order valence-electron chi connectivity index (χ0n) is 9.84. The molecule has 0 saturated heterocycles. The van der Waals surface area contributed by atoms with Crippen LogP contribution in [0.3, 0.4) is 0 Å². The molecule has 0 radical (unpaired) electrons. The Labute approximate surface area is 110 Å². The van der Waals surface area contributed by atoms with Crippen LogP contribution in [0.2, 0.25) is 10.3 Å². The normalized spacial score (nSPS) is 11.1. The molecule has 1 amide bonds. The fourth-order valence-electron chi connectivity index (χ4n) is 1.11. The third-order valence-corrected chi connectivity index (χ3v) is 2.14. The standard InChI is InChI=1S/C10H14Cl2N4O/c1-10(2,3)14-8(17)5-13-6-4-7(11)15-16-9(6)12/h4H,5H2,1-3H3,(H,13,15)(H,14,17). The number of halogens is 2. The SMILES string of the molecule is CC(C)(C)NC(=O)CNc1cc(Cl)nnc1Cl. The summed E-state index contributed by atoms with van der Waals surface area (Å²) in [6.45, 7) is 5.81. The predicted molar refractivity (Wildman–Crippen MR) is 68.4 cm³/mol. The van der Waals surface area contributed by atoms with E-state index in [2.05, 4.69) is 20.8 Å². The van der Waals surface area contributed by atoms with Crippen molar-refractivity contribution < 1.29 is 4.79 Å². The summed E-state index contributed by atoms with van der Waals surface area (Å²) >= 11 is 11.5. The van der Waals surface area contributed by atoms with Crippen molar-refractivity contribution in [3.63, 3.8) is 0 Å². The number of nitrogens with zero attached hydrogens (tertiary/aromatic N) is 2. The minimum atomic E-state index is -0.267. The maximum atomic E-state index is 11.5. The second-order valence-electron chi connectivity index (χ2n) is 4.52. The first-order valence-corrected chi connectivity index (χ1v) is 5.77. The lowest BCUT2D eigenvalue weighted by molar-refractivity contribution is -0.120. The molecule has 0 spiro atoms. The van der Waals surface area contributed by atoms with Crippen LogP contribution in [0.5, 0.6) is 0 Å². The van der Waals surface area contributed by atoms with Crippen molar-refractivity contribution in [1.29, 1.82) is 0 Å². The summed E-state index contributed by atoms with van der Waals surface area (Å²) in [5.74, 6) is -0.137. The van der Waals surface area contributed by atoms with E-state index in [4.69, 9.17) is 23.2 Å². The number of amides is 1. The number of anilines is 1. The van der Waals surface area contributed by atoms with Gasteiger partial charge in [0, 0.05) is 11.6 Å². The minimum absolute atomic E-state index is 0.0962. The van der Waals surface area contributed by atoms with Crippen molar-refractivity contribution in [1.82, 2.24) is 15.5 Å². The van der Waals surface area contributed by atoms with Gasteiger partial charge >= 0.3 is 0 Å². The number of carbonyl (C=O) groups is 1. The van der Waals surface area contributed by atoms with Crippen molar-refractivity contribution in [3.8, 4) is 0 Å². The minimum Gasteiger partial charge on any atom is -0.374 e. The first-order chi connectivity index (χ1) is 7.78. The number of hydrogen-bond donors (Lipinski definition) is 2. The molecule has 0 saturated carbocycles. The summed E-state index contributed by atoms with van der Waals surface area (Å²) < 4.78 is 0. The number of nitrogens with one attached hydrogen (secondary N) is 2. The third-order valence-electron chi connectivity index (χ3n) is 1.67. The van der Waals surface area contributed by atoms with Crippen LogP contribution < -0.4 is 10.6 Å². The second-order valence-corrected chi connectivity index (χ2v) is 5.27. The van der Waals surface area contributed by atoms with Crippen LogP contribution >= 0.6 is 23.2 Å². The molecule has 0 fully saturated rings. The highest BCUT2D eigenvalue weighted by atomic mass is 35.5. The molecule has 2 N–H and O–H groups in total. The smallest absolute Gasteiger partial charge is 0.239 e. The molecule has 0 aliphatic carbocycles. The van der Waals surface area contributed by atoms with E-state index in [1.807, 2.05) is 20.8 Å². The van der Waals surface area contributed by atoms with E-state index in [0.717, 1.165) is 0 Å². The fraction of sp³-hybridized carbons (Fsp3) is 0.500. The molecule has 0 aliphatic heterocycles. The number of carbonyl (C=O) groups excluding carboxylic acids is 1. The molecule has 0 atom stereocenters. The van der Waals surface area contributed by atoms with Gasteiger partial charge in [-0.05, 0) is 20.8 Å². The van der Waals surface area contributed by atoms with Gasteiger partial charge in [-0.15, -0.1) is 10.2 Å². The summed E-state index contributed by atoms with van der Waals surface area (Å²) in [7, 11) is 0. The van der Waals surface area contributed by atoms with Crippen LogP contribution in [0.1, 0.15) is 20.8 Å². The topological polar surface area (TPSA) is 66.9 Å². The lowest BCUT2D eigenvalue weighted by Gasteiger charge is -2.20. The molecule has 5 nitrogen and oxygen atoms in total. The molecule has 94 valence electrons. The molecular formula is C10H14Cl2N4O. The van der Waals surface area contributed by atoms with Gasteiger partial charge < -0.3 is 10.6 Å². The van der Waals surface area contributed by atoms with Crippen molar-refractivity contribution in [3.05, 3.63) is 16.4 Å². The third kappa shape index (κ3) is 5.19. The number of rotatable bonds is 3. The van der Waals surface area contributed by atoms with Crippen molar-refractivity contribution in [2.24, 2.45) is 0 Å². The zero-order chi connectivity index (χ0) is 13.1. The Bertz CT molecular complexity index is 417. The largest absolute Gasteiger partial charge is 0.374 e. The quantitative estimate of drug-likeness (QED) is 0.888. The molecule has 1 rings (SSSR count). The Morgan fingerprint density at radius 2 is 2.00 bits per heavy atom. The molecule has 1 aromatic rings. The lowest BCUT2D eigenvalue weighted by atomic mass is 10.1. The van der Waals surface area contributed by atoms with Crippen LogP contribution in [0, 0.1) is 0 Å².